The highest BCUT2D eigenvalue weighted by Gasteiger charge is 2.67. The highest BCUT2D eigenvalue weighted by molar-refractivity contribution is 6.25. The fourth-order valence-corrected chi connectivity index (χ4v) is 6.52. The van der Waals surface area contributed by atoms with Crippen molar-refractivity contribution < 1.29 is 39.6 Å². The summed E-state index contributed by atoms with van der Waals surface area (Å²) in [7, 11) is 9.91. The van der Waals surface area contributed by atoms with Crippen LogP contribution < -0.4 is 16.0 Å². The number of phenols is 1. The van der Waals surface area contributed by atoms with Crippen molar-refractivity contribution in [1.29, 1.82) is 0 Å². The van der Waals surface area contributed by atoms with E-state index in [9.17, 15) is 39.6 Å². The van der Waals surface area contributed by atoms with Crippen LogP contribution in [0.4, 0.5) is 11.4 Å². The lowest BCUT2D eigenvalue weighted by Gasteiger charge is -2.53. The van der Waals surface area contributed by atoms with Crippen molar-refractivity contribution in [3.63, 3.8) is 0 Å². The topological polar surface area (TPSA) is 197 Å². The van der Waals surface area contributed by atoms with Crippen LogP contribution in [0.2, 0.25) is 0 Å². The van der Waals surface area contributed by atoms with Gasteiger partial charge in [0.25, 0.3) is 0 Å². The number of hydrogen-bond acceptors (Lipinski definition) is 11. The van der Waals surface area contributed by atoms with Crippen LogP contribution >= 0.6 is 0 Å². The molecule has 0 heterocycles. The summed E-state index contributed by atoms with van der Waals surface area (Å²) in [6.45, 7) is -0.149. The van der Waals surface area contributed by atoms with Gasteiger partial charge in [-0.2, -0.15) is 0 Å². The number of aliphatic hydroxyl groups is 3. The third-order valence-electron chi connectivity index (χ3n) is 8.48. The third kappa shape index (κ3) is 4.19. The van der Waals surface area contributed by atoms with Crippen LogP contribution in [0.25, 0.3) is 5.76 Å². The molecule has 0 aliphatic heterocycles. The van der Waals surface area contributed by atoms with Gasteiger partial charge in [0.05, 0.1) is 23.9 Å². The number of amides is 2. The molecular formula is C27H37N5O8. The third-order valence-corrected chi connectivity index (χ3v) is 8.48. The van der Waals surface area contributed by atoms with Crippen LogP contribution in [-0.2, 0) is 25.6 Å². The number of anilines is 2. The number of Topliss-reactive ketones (excluding diaryl/α,β-unsaturated/α-hetero) is 2. The van der Waals surface area contributed by atoms with Crippen molar-refractivity contribution in [1.82, 2.24) is 9.80 Å². The number of carbonyl (C=O) groups is 4. The Balaban J connectivity index is 1.90. The number of nitrogens with one attached hydrogen (secondary N) is 1. The summed E-state index contributed by atoms with van der Waals surface area (Å²) in [4.78, 5) is 56.5. The molecule has 2 saturated carbocycles. The molecule has 2 amide bonds. The minimum absolute atomic E-state index is 0.0309. The maximum Gasteiger partial charge on any atom is 0.241 e. The molecule has 3 aliphatic carbocycles. The monoisotopic (exact) mass is 559 g/mol. The molecule has 0 bridgehead atoms. The molecule has 40 heavy (non-hydrogen) atoms. The Morgan fingerprint density at radius 2 is 1.75 bits per heavy atom. The Bertz CT molecular complexity index is 1320. The van der Waals surface area contributed by atoms with E-state index in [2.05, 4.69) is 5.32 Å². The summed E-state index contributed by atoms with van der Waals surface area (Å²) in [5, 5.41) is 48.3. The number of nitrogens with two attached hydrogens (primary N) is 1. The van der Waals surface area contributed by atoms with E-state index in [0.717, 1.165) is 0 Å². The van der Waals surface area contributed by atoms with Crippen LogP contribution in [0.15, 0.2) is 11.6 Å². The average molecular weight is 560 g/mol. The van der Waals surface area contributed by atoms with Crippen LogP contribution in [0, 0.1) is 17.8 Å². The van der Waals surface area contributed by atoms with Gasteiger partial charge >= 0.3 is 0 Å². The van der Waals surface area contributed by atoms with Crippen molar-refractivity contribution in [2.75, 3.05) is 59.0 Å². The Kier molecular flexibility index (Phi) is 7.37. The number of benzene rings is 1. The summed E-state index contributed by atoms with van der Waals surface area (Å²) >= 11 is 0. The smallest absolute Gasteiger partial charge is 0.241 e. The van der Waals surface area contributed by atoms with E-state index in [1.807, 2.05) is 0 Å². The molecule has 0 aromatic heterocycles. The second kappa shape index (κ2) is 10.1. The van der Waals surface area contributed by atoms with Gasteiger partial charge in [-0.05, 0) is 44.5 Å². The Labute approximate surface area is 231 Å². The van der Waals surface area contributed by atoms with Crippen molar-refractivity contribution in [3.8, 4) is 5.75 Å². The second-order valence-corrected chi connectivity index (χ2v) is 11.5. The maximum absolute atomic E-state index is 14.0. The van der Waals surface area contributed by atoms with Gasteiger partial charge < -0.3 is 46.2 Å². The van der Waals surface area contributed by atoms with E-state index in [1.54, 1.807) is 58.2 Å². The predicted molar refractivity (Wildman–Crippen MR) is 146 cm³/mol. The summed E-state index contributed by atoms with van der Waals surface area (Å²) < 4.78 is 0. The van der Waals surface area contributed by atoms with Crippen molar-refractivity contribution >= 4 is 40.5 Å². The number of nitrogens with zero attached hydrogens (tertiary/aromatic N) is 3. The van der Waals surface area contributed by atoms with Crippen molar-refractivity contribution in [3.05, 3.63) is 22.8 Å². The zero-order chi connectivity index (χ0) is 30.0. The van der Waals surface area contributed by atoms with Gasteiger partial charge in [0.1, 0.15) is 17.4 Å². The number of fused-ring (bicyclic) bond motifs is 3. The molecule has 4 rings (SSSR count). The predicted octanol–water partition coefficient (Wildman–Crippen LogP) is -1.30. The van der Waals surface area contributed by atoms with Crippen LogP contribution in [0.1, 0.15) is 17.5 Å². The molecule has 6 atom stereocenters. The summed E-state index contributed by atoms with van der Waals surface area (Å²) in [6, 6.07) is 0.682. The van der Waals surface area contributed by atoms with Gasteiger partial charge in [-0.15, -0.1) is 0 Å². The molecule has 0 spiro atoms. The highest BCUT2D eigenvalue weighted by atomic mass is 16.3. The van der Waals surface area contributed by atoms with E-state index in [-0.39, 0.29) is 42.1 Å². The number of carbonyl (C=O) groups excluding carboxylic acids is 4. The molecule has 13 heteroatoms. The molecule has 1 aromatic carbocycles. The van der Waals surface area contributed by atoms with Gasteiger partial charge in [0.2, 0.25) is 17.6 Å². The molecule has 13 nitrogen and oxygen atoms in total. The largest absolute Gasteiger partial charge is 0.507 e. The summed E-state index contributed by atoms with van der Waals surface area (Å²) in [6.07, 6.45) is -1.34. The van der Waals surface area contributed by atoms with E-state index >= 15 is 0 Å². The minimum Gasteiger partial charge on any atom is -0.507 e. The zero-order valence-corrected chi connectivity index (χ0v) is 23.4. The van der Waals surface area contributed by atoms with Crippen LogP contribution in [-0.4, -0.2) is 120 Å². The van der Waals surface area contributed by atoms with Crippen LogP contribution in [0.5, 0.6) is 5.75 Å². The molecule has 3 aliphatic rings. The fraction of sp³-hybridized carbons (Fsp3) is 0.556. The molecule has 7 N–H and O–H groups in total. The normalized spacial score (nSPS) is 29.5. The number of phenolic OH excluding ortho intramolecular Hbond substituents is 1. The molecule has 1 aromatic rings. The molecular weight excluding hydrogens is 522 g/mol. The Morgan fingerprint density at radius 1 is 1.12 bits per heavy atom. The first-order valence-corrected chi connectivity index (χ1v) is 12.9. The second-order valence-electron chi connectivity index (χ2n) is 11.5. The van der Waals surface area contributed by atoms with E-state index in [1.165, 1.54) is 4.90 Å². The first kappa shape index (κ1) is 29.3. The lowest BCUT2D eigenvalue weighted by atomic mass is 9.54. The molecule has 0 radical (unpaired) electrons. The Morgan fingerprint density at radius 3 is 2.27 bits per heavy atom. The van der Waals surface area contributed by atoms with Gasteiger partial charge in [0.15, 0.2) is 11.4 Å². The quantitative estimate of drug-likeness (QED) is 0.179. The van der Waals surface area contributed by atoms with Gasteiger partial charge in [0, 0.05) is 51.4 Å². The van der Waals surface area contributed by atoms with Crippen molar-refractivity contribution in [2.45, 2.75) is 30.6 Å². The van der Waals surface area contributed by atoms with Gasteiger partial charge in [-0.1, -0.05) is 0 Å². The number of aliphatic hydroxyl groups excluding tert-OH is 2. The molecule has 218 valence electrons. The van der Waals surface area contributed by atoms with E-state index in [0.29, 0.717) is 11.3 Å². The molecule has 0 saturated heterocycles. The number of hydrogen-bond donors (Lipinski definition) is 6. The average Bonchev–Trinajstić information content (AvgIpc) is 2.84. The van der Waals surface area contributed by atoms with Crippen molar-refractivity contribution in [2.24, 2.45) is 23.5 Å². The maximum atomic E-state index is 14.0. The first-order valence-electron chi connectivity index (χ1n) is 12.9. The zero-order valence-electron chi connectivity index (χ0n) is 23.4. The van der Waals surface area contributed by atoms with Crippen LogP contribution in [0.3, 0.4) is 0 Å². The molecule has 3 unspecified atom stereocenters. The number of likely N-dealkylation sites (N-methyl/N-ethyl adjacent to an activating group) is 2. The fourth-order valence-electron chi connectivity index (χ4n) is 6.52. The first-order chi connectivity index (χ1) is 18.5. The summed E-state index contributed by atoms with van der Waals surface area (Å²) in [5.41, 5.74) is 3.70. The highest BCUT2D eigenvalue weighted by Crippen LogP contribution is 2.54. The number of ketones is 2. The molecule has 2 fully saturated rings. The minimum atomic E-state index is -2.72. The van der Waals surface area contributed by atoms with Gasteiger partial charge in [-0.25, -0.2) is 0 Å². The number of rotatable bonds is 6. The van der Waals surface area contributed by atoms with E-state index in [4.69, 9.17) is 5.73 Å². The number of primary amides is 1. The Hall–Kier alpha value is -3.68. The standard InChI is InChI=1S/C27H37N5O8/c1-30(2)15-9-14(29-10-16(33)31(3)4)21(34)18-12(15)7-11-8-13-20(32(5)6)23(36)19(26(28)39)25(38)27(13,40)24(37)17(11)22(18)35/h9,11,13,19-20,23,29,34-36,40H,7-8,10H2,1-6H3,(H2,28,39)/t11-,13-,19?,20?,23?,27-/m1/s1. The van der Waals surface area contributed by atoms with E-state index < -0.39 is 64.5 Å². The lowest BCUT2D eigenvalue weighted by molar-refractivity contribution is -0.184. The lowest BCUT2D eigenvalue weighted by Crippen LogP contribution is -2.73. The summed E-state index contributed by atoms with van der Waals surface area (Å²) in [5.74, 6) is -8.30. The number of aromatic hydroxyl groups is 1. The van der Waals surface area contributed by atoms with Gasteiger partial charge in [-0.3, -0.25) is 19.2 Å². The SMILES string of the molecule is CN(C)C(=O)CNc1cc(N(C)C)c2c(c1O)C(O)=C1C(=O)[C@@]3(O)C(=O)C(C(N)=O)C(O)C(N(C)C)[C@H]3C[C@H]1C2.